The molecular weight excluding hydrogens is 236 g/mol. The largest absolute Gasteiger partial charge is 0.393 e. The van der Waals surface area contributed by atoms with Crippen LogP contribution in [0.3, 0.4) is 0 Å². The van der Waals surface area contributed by atoms with Crippen LogP contribution in [-0.2, 0) is 0 Å². The van der Waals surface area contributed by atoms with Gasteiger partial charge in [0.25, 0.3) is 0 Å². The van der Waals surface area contributed by atoms with E-state index in [1.54, 1.807) is 0 Å². The molecule has 2 fully saturated rings. The number of rotatable bonds is 3. The van der Waals surface area contributed by atoms with Crippen molar-refractivity contribution in [2.75, 3.05) is 33.2 Å². The Morgan fingerprint density at radius 3 is 2.74 bits per heavy atom. The lowest BCUT2D eigenvalue weighted by atomic mass is 9.78. The molecule has 1 aliphatic heterocycles. The summed E-state index contributed by atoms with van der Waals surface area (Å²) in [4.78, 5) is 5.06. The first kappa shape index (κ1) is 15.3. The van der Waals surface area contributed by atoms with Crippen LogP contribution in [0.1, 0.15) is 46.0 Å². The summed E-state index contributed by atoms with van der Waals surface area (Å²) in [5.41, 5.74) is 0. The Hall–Kier alpha value is -0.120. The fraction of sp³-hybridized carbons (Fsp3) is 1.00. The van der Waals surface area contributed by atoms with Gasteiger partial charge in [0.15, 0.2) is 0 Å². The molecule has 0 aromatic heterocycles. The van der Waals surface area contributed by atoms with E-state index in [0.717, 1.165) is 18.9 Å². The zero-order chi connectivity index (χ0) is 13.8. The monoisotopic (exact) mass is 268 g/mol. The molecule has 0 amide bonds. The highest BCUT2D eigenvalue weighted by Crippen LogP contribution is 2.32. The number of hydrogen-bond donors (Lipinski definition) is 1. The summed E-state index contributed by atoms with van der Waals surface area (Å²) >= 11 is 0. The average Bonchev–Trinajstić information content (AvgIpc) is 2.54. The quantitative estimate of drug-likeness (QED) is 0.850. The predicted molar refractivity (Wildman–Crippen MR) is 80.3 cm³/mol. The van der Waals surface area contributed by atoms with Crippen molar-refractivity contribution < 1.29 is 5.11 Å². The summed E-state index contributed by atoms with van der Waals surface area (Å²) in [6.45, 7) is 9.32. The van der Waals surface area contributed by atoms with Gasteiger partial charge < -0.3 is 10.0 Å². The number of likely N-dealkylation sites (N-methyl/N-ethyl adjacent to an activating group) is 1. The van der Waals surface area contributed by atoms with Crippen LogP contribution in [0.25, 0.3) is 0 Å². The Labute approximate surface area is 119 Å². The molecule has 4 atom stereocenters. The Balaban J connectivity index is 1.90. The highest BCUT2D eigenvalue weighted by Gasteiger charge is 2.31. The summed E-state index contributed by atoms with van der Waals surface area (Å²) in [6.07, 6.45) is 5.97. The number of hydrogen-bond acceptors (Lipinski definition) is 3. The third-order valence-electron chi connectivity index (χ3n) is 5.28. The lowest BCUT2D eigenvalue weighted by Crippen LogP contribution is -2.44. The maximum atomic E-state index is 10.3. The number of aliphatic hydroxyl groups is 1. The molecule has 1 N–H and O–H groups in total. The normalized spacial score (nSPS) is 39.2. The Morgan fingerprint density at radius 2 is 2.00 bits per heavy atom. The number of nitrogens with zero attached hydrogens (tertiary/aromatic N) is 2. The van der Waals surface area contributed by atoms with Crippen molar-refractivity contribution in [2.45, 2.75) is 58.1 Å². The van der Waals surface area contributed by atoms with E-state index in [1.165, 1.54) is 45.3 Å². The molecule has 0 aromatic rings. The number of aliphatic hydroxyl groups excluding tert-OH is 1. The van der Waals surface area contributed by atoms with Crippen LogP contribution in [0.2, 0.25) is 0 Å². The minimum absolute atomic E-state index is 0.0593. The van der Waals surface area contributed by atoms with Crippen molar-refractivity contribution in [3.63, 3.8) is 0 Å². The first-order valence-corrected chi connectivity index (χ1v) is 8.20. The maximum absolute atomic E-state index is 10.3. The van der Waals surface area contributed by atoms with E-state index in [0.29, 0.717) is 12.0 Å². The molecule has 0 aromatic carbocycles. The van der Waals surface area contributed by atoms with Crippen molar-refractivity contribution in [3.05, 3.63) is 0 Å². The molecule has 1 aliphatic carbocycles. The molecule has 0 radical (unpaired) electrons. The van der Waals surface area contributed by atoms with Gasteiger partial charge in [-0.15, -0.1) is 0 Å². The summed E-state index contributed by atoms with van der Waals surface area (Å²) in [5, 5.41) is 10.3. The highest BCUT2D eigenvalue weighted by atomic mass is 16.3. The van der Waals surface area contributed by atoms with E-state index in [2.05, 4.69) is 30.7 Å². The van der Waals surface area contributed by atoms with Crippen LogP contribution >= 0.6 is 0 Å². The van der Waals surface area contributed by atoms with Crippen LogP contribution in [-0.4, -0.2) is 60.3 Å². The topological polar surface area (TPSA) is 26.7 Å². The van der Waals surface area contributed by atoms with Crippen molar-refractivity contribution in [3.8, 4) is 0 Å². The van der Waals surface area contributed by atoms with Crippen LogP contribution in [0.4, 0.5) is 0 Å². The van der Waals surface area contributed by atoms with Gasteiger partial charge in [0.1, 0.15) is 0 Å². The molecule has 4 unspecified atom stereocenters. The van der Waals surface area contributed by atoms with E-state index >= 15 is 0 Å². The first-order chi connectivity index (χ1) is 9.10. The maximum Gasteiger partial charge on any atom is 0.0580 e. The molecule has 3 nitrogen and oxygen atoms in total. The van der Waals surface area contributed by atoms with E-state index in [9.17, 15) is 5.11 Å². The predicted octanol–water partition coefficient (Wildman–Crippen LogP) is 2.20. The van der Waals surface area contributed by atoms with Gasteiger partial charge in [-0.05, 0) is 64.6 Å². The zero-order valence-electron chi connectivity index (χ0n) is 13.0. The molecule has 112 valence electrons. The molecule has 2 aliphatic rings. The van der Waals surface area contributed by atoms with Crippen molar-refractivity contribution in [2.24, 2.45) is 11.8 Å². The SMILES string of the molecule is CCC1CCC(O)C(CN2CCCN(C)CC2C)C1. The van der Waals surface area contributed by atoms with Gasteiger partial charge in [-0.1, -0.05) is 13.3 Å². The Morgan fingerprint density at radius 1 is 1.21 bits per heavy atom. The van der Waals surface area contributed by atoms with Gasteiger partial charge in [0, 0.05) is 19.1 Å². The second kappa shape index (κ2) is 7.05. The van der Waals surface area contributed by atoms with Crippen LogP contribution in [0, 0.1) is 11.8 Å². The summed E-state index contributed by atoms with van der Waals surface area (Å²) in [7, 11) is 2.22. The highest BCUT2D eigenvalue weighted by molar-refractivity contribution is 4.84. The van der Waals surface area contributed by atoms with Gasteiger partial charge in [0.2, 0.25) is 0 Å². The zero-order valence-corrected chi connectivity index (χ0v) is 13.0. The van der Waals surface area contributed by atoms with Crippen molar-refractivity contribution in [1.82, 2.24) is 9.80 Å². The minimum Gasteiger partial charge on any atom is -0.393 e. The first-order valence-electron chi connectivity index (χ1n) is 8.20. The molecule has 2 rings (SSSR count). The standard InChI is InChI=1S/C16H32N2O/c1-4-14-6-7-16(19)15(10-14)12-18-9-5-8-17(3)11-13(18)2/h13-16,19H,4-12H2,1-3H3. The molecule has 19 heavy (non-hydrogen) atoms. The van der Waals surface area contributed by atoms with Gasteiger partial charge in [-0.2, -0.15) is 0 Å². The molecule has 1 heterocycles. The minimum atomic E-state index is -0.0593. The smallest absolute Gasteiger partial charge is 0.0580 e. The lowest BCUT2D eigenvalue weighted by molar-refractivity contribution is 0.0202. The van der Waals surface area contributed by atoms with Crippen LogP contribution < -0.4 is 0 Å². The second-order valence-corrected chi connectivity index (χ2v) is 6.87. The van der Waals surface area contributed by atoms with Crippen LogP contribution in [0.15, 0.2) is 0 Å². The van der Waals surface area contributed by atoms with E-state index in [1.807, 2.05) is 0 Å². The molecular formula is C16H32N2O. The lowest BCUT2D eigenvalue weighted by Gasteiger charge is -2.38. The summed E-state index contributed by atoms with van der Waals surface area (Å²) in [5.74, 6) is 1.35. The van der Waals surface area contributed by atoms with Gasteiger partial charge in [0.05, 0.1) is 6.10 Å². The fourth-order valence-corrected chi connectivity index (χ4v) is 3.91. The molecule has 1 saturated heterocycles. The second-order valence-electron chi connectivity index (χ2n) is 6.87. The average molecular weight is 268 g/mol. The Kier molecular flexibility index (Phi) is 5.67. The van der Waals surface area contributed by atoms with E-state index in [4.69, 9.17) is 0 Å². The van der Waals surface area contributed by atoms with Crippen molar-refractivity contribution in [1.29, 1.82) is 0 Å². The molecule has 1 saturated carbocycles. The van der Waals surface area contributed by atoms with Gasteiger partial charge in [-0.25, -0.2) is 0 Å². The summed E-state index contributed by atoms with van der Waals surface area (Å²) < 4.78 is 0. The molecule has 3 heteroatoms. The third-order valence-corrected chi connectivity index (χ3v) is 5.28. The van der Waals surface area contributed by atoms with Gasteiger partial charge >= 0.3 is 0 Å². The molecule has 0 spiro atoms. The third kappa shape index (κ3) is 4.17. The Bertz CT molecular complexity index is 271. The van der Waals surface area contributed by atoms with Crippen LogP contribution in [0.5, 0.6) is 0 Å². The van der Waals surface area contributed by atoms with E-state index in [-0.39, 0.29) is 6.10 Å². The summed E-state index contributed by atoms with van der Waals surface area (Å²) in [6, 6.07) is 0.627. The fourth-order valence-electron chi connectivity index (χ4n) is 3.91. The van der Waals surface area contributed by atoms with Crippen molar-refractivity contribution >= 4 is 0 Å². The van der Waals surface area contributed by atoms with Gasteiger partial charge in [-0.3, -0.25) is 4.90 Å². The van der Waals surface area contributed by atoms with E-state index < -0.39 is 0 Å². The molecule has 0 bridgehead atoms.